The minimum Gasteiger partial charge on any atom is -0.394 e. The van der Waals surface area contributed by atoms with Crippen LogP contribution in [0.1, 0.15) is 264 Å². The molecule has 0 saturated carbocycles. The number of ether oxygens (including phenoxy) is 2. The second kappa shape index (κ2) is 47.7. The zero-order valence-electron chi connectivity index (χ0n) is 45.6. The molecule has 8 unspecified atom stereocenters. The maximum atomic E-state index is 13.0. The molecule has 1 amide bonds. The molecule has 8 atom stereocenters. The van der Waals surface area contributed by atoms with Gasteiger partial charge in [-0.3, -0.25) is 9.35 Å². The molecule has 0 spiro atoms. The van der Waals surface area contributed by atoms with Crippen LogP contribution in [0.3, 0.4) is 0 Å². The van der Waals surface area contributed by atoms with Crippen molar-refractivity contribution in [1.29, 1.82) is 0 Å². The Bertz CT molecular complexity index is 1430. The van der Waals surface area contributed by atoms with Crippen LogP contribution in [0.2, 0.25) is 0 Å². The van der Waals surface area contributed by atoms with Crippen molar-refractivity contribution in [3.05, 3.63) is 36.5 Å². The van der Waals surface area contributed by atoms with E-state index in [9.17, 15) is 38.7 Å². The summed E-state index contributed by atoms with van der Waals surface area (Å²) in [4.78, 5) is 13.0. The van der Waals surface area contributed by atoms with Crippen LogP contribution in [-0.4, -0.2) is 107 Å². The van der Waals surface area contributed by atoms with E-state index in [-0.39, 0.29) is 6.42 Å². The maximum Gasteiger partial charge on any atom is 0.397 e. The molecule has 0 radical (unpaired) electrons. The van der Waals surface area contributed by atoms with Gasteiger partial charge in [-0.15, -0.1) is 0 Å². The summed E-state index contributed by atoms with van der Waals surface area (Å²) in [5.41, 5.74) is 0. The van der Waals surface area contributed by atoms with Crippen molar-refractivity contribution in [1.82, 2.24) is 5.32 Å². The first-order valence-corrected chi connectivity index (χ1v) is 30.8. The summed E-state index contributed by atoms with van der Waals surface area (Å²) in [5.74, 6) is -0.708. The second-order valence-corrected chi connectivity index (χ2v) is 21.8. The van der Waals surface area contributed by atoms with E-state index < -0.39 is 78.5 Å². The minimum absolute atomic E-state index is 0.243. The molecule has 1 aliphatic rings. The van der Waals surface area contributed by atoms with E-state index in [0.29, 0.717) is 12.8 Å². The van der Waals surface area contributed by atoms with Crippen LogP contribution in [0.15, 0.2) is 36.5 Å². The Morgan fingerprint density at radius 3 is 1.39 bits per heavy atom. The molecule has 0 aliphatic carbocycles. The number of nitrogens with one attached hydrogen (secondary N) is 1. The van der Waals surface area contributed by atoms with E-state index in [1.807, 2.05) is 0 Å². The lowest BCUT2D eigenvalue weighted by molar-refractivity contribution is -0.298. The number of allylic oxidation sites excluding steroid dienone is 5. The number of rotatable bonds is 51. The van der Waals surface area contributed by atoms with Gasteiger partial charge in [0.1, 0.15) is 30.5 Å². The molecule has 424 valence electrons. The van der Waals surface area contributed by atoms with Crippen molar-refractivity contribution in [3.63, 3.8) is 0 Å². The molecule has 0 aromatic rings. The minimum atomic E-state index is -5.11. The van der Waals surface area contributed by atoms with Crippen molar-refractivity contribution >= 4 is 16.3 Å². The number of unbranched alkanes of at least 4 members (excludes halogenated alkanes) is 34. The van der Waals surface area contributed by atoms with Crippen molar-refractivity contribution in [3.8, 4) is 0 Å². The quantitative estimate of drug-likeness (QED) is 0.0172. The van der Waals surface area contributed by atoms with Crippen molar-refractivity contribution in [2.45, 2.75) is 313 Å². The lowest BCUT2D eigenvalue weighted by atomic mass is 9.99. The van der Waals surface area contributed by atoms with Gasteiger partial charge in [-0.2, -0.15) is 8.42 Å². The molecule has 1 fully saturated rings. The molecule has 0 bridgehead atoms. The number of hydrogen-bond donors (Lipinski definition) is 7. The largest absolute Gasteiger partial charge is 0.397 e. The Balaban J connectivity index is 2.07. The summed E-state index contributed by atoms with van der Waals surface area (Å²) in [6.07, 6.45) is 49.4. The van der Waals surface area contributed by atoms with E-state index in [1.54, 1.807) is 6.08 Å². The van der Waals surface area contributed by atoms with Gasteiger partial charge in [-0.25, -0.2) is 4.18 Å². The van der Waals surface area contributed by atoms with Gasteiger partial charge in [0.25, 0.3) is 0 Å². The second-order valence-electron chi connectivity index (χ2n) is 20.7. The molecule has 7 N–H and O–H groups in total. The van der Waals surface area contributed by atoms with E-state index in [4.69, 9.17) is 14.0 Å². The predicted octanol–water partition coefficient (Wildman–Crippen LogP) is 12.8. The first-order chi connectivity index (χ1) is 34.9. The Labute approximate surface area is 439 Å². The van der Waals surface area contributed by atoms with Crippen molar-refractivity contribution in [2.24, 2.45) is 0 Å². The first-order valence-electron chi connectivity index (χ1n) is 29.5. The molecule has 1 saturated heterocycles. The fourth-order valence-corrected chi connectivity index (χ4v) is 9.88. The Morgan fingerprint density at radius 1 is 0.569 bits per heavy atom. The predicted molar refractivity (Wildman–Crippen MR) is 293 cm³/mol. The highest BCUT2D eigenvalue weighted by Crippen LogP contribution is 2.26. The van der Waals surface area contributed by atoms with Crippen LogP contribution in [0, 0.1) is 0 Å². The average molecular weight is 1040 g/mol. The molecule has 14 heteroatoms. The van der Waals surface area contributed by atoms with Crippen LogP contribution < -0.4 is 5.32 Å². The number of carbonyl (C=O) groups is 1. The fraction of sp³-hybridized carbons (Fsp3) is 0.879. The summed E-state index contributed by atoms with van der Waals surface area (Å²) < 4.78 is 47.3. The van der Waals surface area contributed by atoms with Gasteiger partial charge < -0.3 is 40.3 Å². The zero-order chi connectivity index (χ0) is 52.8. The summed E-state index contributed by atoms with van der Waals surface area (Å²) in [6.45, 7) is 3.10. The molecule has 13 nitrogen and oxygen atoms in total. The molecule has 1 aliphatic heterocycles. The Hall–Kier alpha value is -1.72. The van der Waals surface area contributed by atoms with Gasteiger partial charge in [-0.05, 0) is 51.4 Å². The zero-order valence-corrected chi connectivity index (χ0v) is 46.4. The van der Waals surface area contributed by atoms with E-state index in [0.717, 1.165) is 44.9 Å². The van der Waals surface area contributed by atoms with Gasteiger partial charge in [0.05, 0.1) is 25.4 Å². The first kappa shape index (κ1) is 68.3. The standard InChI is InChI=1S/C58H109NO12S/c1-3-5-7-9-10-11-12-13-14-15-16-17-18-19-20-21-22-23-24-25-26-27-28-29-30-31-32-33-34-35-36-37-38-39-40-41-43-45-47-52(62)57(65)59-50(51(61)46-44-42-8-6-4-2)49-69-58-55(64)56(71-72(66,67)68)54(63)53(48-60)70-58/h22-23,25-26,44,46,50-56,58,60-64H,3-21,24,27-43,45,47-49H2,1-2H3,(H,59,65)(H,66,67,68)/b23-22-,26-25-,46-44+. The van der Waals surface area contributed by atoms with E-state index >= 15 is 0 Å². The Kier molecular flexibility index (Phi) is 45.3. The van der Waals surface area contributed by atoms with Gasteiger partial charge >= 0.3 is 10.4 Å². The number of amides is 1. The third-order valence-corrected chi connectivity index (χ3v) is 14.5. The van der Waals surface area contributed by atoms with E-state index in [1.165, 1.54) is 192 Å². The fourth-order valence-electron chi connectivity index (χ4n) is 9.38. The van der Waals surface area contributed by atoms with Gasteiger partial charge in [-0.1, -0.05) is 249 Å². The highest BCUT2D eigenvalue weighted by Gasteiger charge is 2.48. The molecular formula is C58H109NO12S. The normalized spacial score (nSPS) is 20.0. The molecule has 1 heterocycles. The van der Waals surface area contributed by atoms with Crippen LogP contribution in [-0.2, 0) is 28.9 Å². The lowest BCUT2D eigenvalue weighted by Gasteiger charge is -2.41. The molecular weight excluding hydrogens is 935 g/mol. The van der Waals surface area contributed by atoms with Crippen LogP contribution in [0.25, 0.3) is 0 Å². The summed E-state index contributed by atoms with van der Waals surface area (Å²) in [5, 5.41) is 54.9. The molecule has 72 heavy (non-hydrogen) atoms. The van der Waals surface area contributed by atoms with E-state index in [2.05, 4.69) is 47.7 Å². The monoisotopic (exact) mass is 1040 g/mol. The third-order valence-electron chi connectivity index (χ3n) is 14.0. The van der Waals surface area contributed by atoms with Gasteiger partial charge in [0.2, 0.25) is 5.91 Å². The average Bonchev–Trinajstić information content (AvgIpc) is 3.36. The summed E-state index contributed by atoms with van der Waals surface area (Å²) in [7, 11) is -5.11. The summed E-state index contributed by atoms with van der Waals surface area (Å²) in [6, 6.07) is -1.12. The number of hydrogen-bond acceptors (Lipinski definition) is 11. The van der Waals surface area contributed by atoms with Gasteiger partial charge in [0.15, 0.2) is 6.29 Å². The Morgan fingerprint density at radius 2 is 0.958 bits per heavy atom. The number of aliphatic hydroxyl groups excluding tert-OH is 5. The number of aliphatic hydroxyl groups is 5. The van der Waals surface area contributed by atoms with Crippen LogP contribution in [0.4, 0.5) is 0 Å². The highest BCUT2D eigenvalue weighted by atomic mass is 32.3. The topological polar surface area (TPSA) is 212 Å². The van der Waals surface area contributed by atoms with Crippen LogP contribution >= 0.6 is 0 Å². The molecule has 1 rings (SSSR count). The maximum absolute atomic E-state index is 13.0. The van der Waals surface area contributed by atoms with Crippen molar-refractivity contribution < 1.29 is 57.0 Å². The lowest BCUT2D eigenvalue weighted by Crippen LogP contribution is -2.61. The molecule has 0 aromatic carbocycles. The SMILES string of the molecule is CCCCC/C=C/C(O)C(COC1OC(CO)C(O)C(OS(=O)(=O)O)C1O)NC(=O)C(O)CCCCCCCCCCCCCCCCCC/C=C\C/C=C\CCCCCCCCCCCCCCCCC. The summed E-state index contributed by atoms with van der Waals surface area (Å²) >= 11 is 0. The smallest absolute Gasteiger partial charge is 0.394 e. The van der Waals surface area contributed by atoms with Crippen molar-refractivity contribution in [2.75, 3.05) is 13.2 Å². The third kappa shape index (κ3) is 38.8. The van der Waals surface area contributed by atoms with Crippen LogP contribution in [0.5, 0.6) is 0 Å². The van der Waals surface area contributed by atoms with Gasteiger partial charge in [0, 0.05) is 0 Å². The highest BCUT2D eigenvalue weighted by molar-refractivity contribution is 7.80. The molecule has 0 aromatic heterocycles. The number of carbonyl (C=O) groups excluding carboxylic acids is 1.